The van der Waals surface area contributed by atoms with Gasteiger partial charge in [0.15, 0.2) is 5.65 Å². The minimum Gasteiger partial charge on any atom is -0.364 e. The van der Waals surface area contributed by atoms with Crippen molar-refractivity contribution in [3.05, 3.63) is 47.5 Å². The minimum atomic E-state index is 0.644. The van der Waals surface area contributed by atoms with Crippen molar-refractivity contribution >= 4 is 11.5 Å². The highest BCUT2D eigenvalue weighted by Crippen LogP contribution is 2.21. The molecule has 1 aliphatic heterocycles. The van der Waals surface area contributed by atoms with Crippen LogP contribution in [0.15, 0.2) is 36.4 Å². The number of piperidine rings is 1. The van der Waals surface area contributed by atoms with E-state index in [-0.39, 0.29) is 0 Å². The van der Waals surface area contributed by atoms with E-state index in [0.29, 0.717) is 11.7 Å². The molecule has 25 heavy (non-hydrogen) atoms. The molecule has 3 heterocycles. The summed E-state index contributed by atoms with van der Waals surface area (Å²) in [5.74, 6) is 0.765. The summed E-state index contributed by atoms with van der Waals surface area (Å²) in [6.45, 7) is 5.28. The maximum absolute atomic E-state index is 4.37. The van der Waals surface area contributed by atoms with Gasteiger partial charge in [-0.25, -0.2) is 0 Å². The van der Waals surface area contributed by atoms with E-state index in [2.05, 4.69) is 62.0 Å². The number of hydrogen-bond acceptors (Lipinski definition) is 6. The number of likely N-dealkylation sites (tertiary alicyclic amines) is 1. The molecule has 1 fully saturated rings. The lowest BCUT2D eigenvalue weighted by Crippen LogP contribution is -2.37. The summed E-state index contributed by atoms with van der Waals surface area (Å²) in [5.41, 5.74) is 3.33. The van der Waals surface area contributed by atoms with Crippen LogP contribution in [0.2, 0.25) is 0 Å². The van der Waals surface area contributed by atoms with Gasteiger partial charge in [-0.15, -0.1) is 14.8 Å². The summed E-state index contributed by atoms with van der Waals surface area (Å²) >= 11 is 0. The van der Waals surface area contributed by atoms with E-state index in [1.165, 1.54) is 41.6 Å². The second kappa shape index (κ2) is 7.14. The second-order valence-corrected chi connectivity index (χ2v) is 6.68. The molecule has 0 spiro atoms. The molecule has 130 valence electrons. The van der Waals surface area contributed by atoms with Crippen molar-refractivity contribution in [1.29, 1.82) is 0 Å². The van der Waals surface area contributed by atoms with E-state index in [1.807, 2.05) is 12.1 Å². The second-order valence-electron chi connectivity index (χ2n) is 6.68. The van der Waals surface area contributed by atoms with Gasteiger partial charge >= 0.3 is 0 Å². The Morgan fingerprint density at radius 2 is 2.00 bits per heavy atom. The normalized spacial score (nSPS) is 18.5. The third-order valence-electron chi connectivity index (χ3n) is 4.96. The Bertz CT molecular complexity index is 844. The first-order valence-electron chi connectivity index (χ1n) is 8.90. The minimum absolute atomic E-state index is 0.644. The predicted molar refractivity (Wildman–Crippen MR) is 96.1 cm³/mol. The molecule has 0 radical (unpaired) electrons. The number of hydrogen-bond donors (Lipinski definition) is 1. The number of nitrogens with zero attached hydrogens (tertiary/aromatic N) is 6. The summed E-state index contributed by atoms with van der Waals surface area (Å²) in [7, 11) is 0. The summed E-state index contributed by atoms with van der Waals surface area (Å²) in [6.07, 6.45) is 3.96. The fraction of sp³-hybridized carbons (Fsp3) is 0.444. The van der Waals surface area contributed by atoms with Crippen molar-refractivity contribution < 1.29 is 0 Å². The maximum atomic E-state index is 4.37. The standard InChI is InChI=1S/C18H23N7/c1-14-6-4-5-11-24(14)13-16-8-3-2-7-15(16)12-19-17-9-10-18-20-22-23-25(18)21-17/h2-3,7-10,14H,4-6,11-13H2,1H3,(H,19,21). The molecule has 2 aromatic heterocycles. The first kappa shape index (κ1) is 16.0. The molecule has 1 saturated heterocycles. The van der Waals surface area contributed by atoms with Crippen LogP contribution < -0.4 is 5.32 Å². The van der Waals surface area contributed by atoms with Crippen LogP contribution in [0.3, 0.4) is 0 Å². The molecule has 7 heteroatoms. The van der Waals surface area contributed by atoms with Gasteiger partial charge in [-0.1, -0.05) is 30.7 Å². The molecule has 7 nitrogen and oxygen atoms in total. The molecule has 0 bridgehead atoms. The largest absolute Gasteiger partial charge is 0.364 e. The van der Waals surface area contributed by atoms with Crippen LogP contribution in [-0.4, -0.2) is 42.7 Å². The summed E-state index contributed by atoms with van der Waals surface area (Å²) in [4.78, 5) is 2.59. The van der Waals surface area contributed by atoms with Crippen LogP contribution in [0.5, 0.6) is 0 Å². The van der Waals surface area contributed by atoms with Crippen LogP contribution in [0.4, 0.5) is 5.82 Å². The number of rotatable bonds is 5. The summed E-state index contributed by atoms with van der Waals surface area (Å²) < 4.78 is 1.43. The summed E-state index contributed by atoms with van der Waals surface area (Å²) in [6, 6.07) is 13.1. The van der Waals surface area contributed by atoms with E-state index >= 15 is 0 Å². The van der Waals surface area contributed by atoms with Crippen molar-refractivity contribution in [3.8, 4) is 0 Å². The lowest BCUT2D eigenvalue weighted by Gasteiger charge is -2.33. The average Bonchev–Trinajstić information content (AvgIpc) is 3.11. The van der Waals surface area contributed by atoms with Gasteiger partial charge in [-0.3, -0.25) is 4.90 Å². The van der Waals surface area contributed by atoms with Gasteiger partial charge in [0, 0.05) is 19.1 Å². The molecule has 1 aromatic carbocycles. The molecule has 0 amide bonds. The first-order chi connectivity index (χ1) is 12.3. The molecule has 1 aliphatic rings. The van der Waals surface area contributed by atoms with Gasteiger partial charge in [0.1, 0.15) is 5.82 Å². The van der Waals surface area contributed by atoms with Crippen LogP contribution in [0.25, 0.3) is 5.65 Å². The van der Waals surface area contributed by atoms with Crippen molar-refractivity contribution in [1.82, 2.24) is 30.2 Å². The molecule has 0 aliphatic carbocycles. The van der Waals surface area contributed by atoms with E-state index in [4.69, 9.17) is 0 Å². The van der Waals surface area contributed by atoms with Gasteiger partial charge < -0.3 is 5.32 Å². The fourth-order valence-electron chi connectivity index (χ4n) is 3.43. The van der Waals surface area contributed by atoms with Gasteiger partial charge in [-0.2, -0.15) is 0 Å². The van der Waals surface area contributed by atoms with Crippen LogP contribution in [0, 0.1) is 0 Å². The lowest BCUT2D eigenvalue weighted by molar-refractivity contribution is 0.152. The average molecular weight is 337 g/mol. The Hall–Kier alpha value is -2.54. The zero-order chi connectivity index (χ0) is 17.1. The quantitative estimate of drug-likeness (QED) is 0.771. The molecule has 3 aromatic rings. The van der Waals surface area contributed by atoms with Gasteiger partial charge in [0.05, 0.1) is 0 Å². The van der Waals surface area contributed by atoms with Crippen LogP contribution >= 0.6 is 0 Å². The zero-order valence-corrected chi connectivity index (χ0v) is 14.5. The Kier molecular flexibility index (Phi) is 4.56. The SMILES string of the molecule is CC1CCCCN1Cc1ccccc1CNc1ccc2nnnn2n1. The van der Waals surface area contributed by atoms with Crippen LogP contribution in [-0.2, 0) is 13.1 Å². The van der Waals surface area contributed by atoms with E-state index in [0.717, 1.165) is 18.9 Å². The smallest absolute Gasteiger partial charge is 0.200 e. The van der Waals surface area contributed by atoms with Crippen molar-refractivity contribution in [2.24, 2.45) is 0 Å². The van der Waals surface area contributed by atoms with E-state index in [9.17, 15) is 0 Å². The Balaban J connectivity index is 1.46. The number of anilines is 1. The molecule has 4 rings (SSSR count). The van der Waals surface area contributed by atoms with Crippen molar-refractivity contribution in [3.63, 3.8) is 0 Å². The van der Waals surface area contributed by atoms with E-state index < -0.39 is 0 Å². The fourth-order valence-corrected chi connectivity index (χ4v) is 3.43. The van der Waals surface area contributed by atoms with Gasteiger partial charge in [0.25, 0.3) is 0 Å². The molecule has 1 atom stereocenters. The van der Waals surface area contributed by atoms with Crippen molar-refractivity contribution in [2.45, 2.75) is 45.3 Å². The highest BCUT2D eigenvalue weighted by molar-refractivity contribution is 5.43. The Morgan fingerprint density at radius 3 is 2.88 bits per heavy atom. The van der Waals surface area contributed by atoms with E-state index in [1.54, 1.807) is 0 Å². The molecule has 0 saturated carbocycles. The molecule has 1 N–H and O–H groups in total. The number of benzene rings is 1. The topological polar surface area (TPSA) is 71.2 Å². The number of tetrazole rings is 1. The first-order valence-corrected chi connectivity index (χ1v) is 8.90. The monoisotopic (exact) mass is 337 g/mol. The highest BCUT2D eigenvalue weighted by atomic mass is 15.6. The van der Waals surface area contributed by atoms with Gasteiger partial charge in [0.2, 0.25) is 0 Å². The highest BCUT2D eigenvalue weighted by Gasteiger charge is 2.19. The third kappa shape index (κ3) is 3.61. The van der Waals surface area contributed by atoms with Gasteiger partial charge in [-0.05, 0) is 60.0 Å². The van der Waals surface area contributed by atoms with Crippen LogP contribution in [0.1, 0.15) is 37.3 Å². The zero-order valence-electron chi connectivity index (χ0n) is 14.5. The maximum Gasteiger partial charge on any atom is 0.200 e. The molecular formula is C18H23N7. The number of aromatic nitrogens is 5. The molecular weight excluding hydrogens is 314 g/mol. The summed E-state index contributed by atoms with van der Waals surface area (Å²) in [5, 5.41) is 19.1. The third-order valence-corrected chi connectivity index (χ3v) is 4.96. The number of fused-ring (bicyclic) bond motifs is 1. The van der Waals surface area contributed by atoms with Crippen molar-refractivity contribution in [2.75, 3.05) is 11.9 Å². The Morgan fingerprint density at radius 1 is 1.12 bits per heavy atom. The number of nitrogens with one attached hydrogen (secondary N) is 1. The predicted octanol–water partition coefficient (Wildman–Crippen LogP) is 2.51. The lowest BCUT2D eigenvalue weighted by atomic mass is 10.0. The Labute approximate surface area is 147 Å². The molecule has 1 unspecified atom stereocenters.